The Balaban J connectivity index is 1.40. The SMILES string of the molecule is C=CCN=Cc1nc([C@H]2C=CC=CC2)c(NC(C)C(=O)N2CCN(Cc3nc(OC)cc(OC)n3)CC2)n1C. The van der Waals surface area contributed by atoms with E-state index in [0.717, 1.165) is 36.8 Å². The number of nitrogens with zero attached hydrogens (tertiary/aromatic N) is 7. The van der Waals surface area contributed by atoms with Crippen LogP contribution in [0.25, 0.3) is 0 Å². The van der Waals surface area contributed by atoms with Crippen molar-refractivity contribution in [3.8, 4) is 11.8 Å². The number of aliphatic imine (C=N–C) groups is 1. The zero-order valence-corrected chi connectivity index (χ0v) is 23.2. The van der Waals surface area contributed by atoms with Crippen LogP contribution in [0, 0.1) is 0 Å². The highest BCUT2D eigenvalue weighted by Crippen LogP contribution is 2.31. The van der Waals surface area contributed by atoms with Gasteiger partial charge in [-0.3, -0.25) is 14.7 Å². The fourth-order valence-electron chi connectivity index (χ4n) is 4.67. The summed E-state index contributed by atoms with van der Waals surface area (Å²) in [7, 11) is 5.09. The second-order valence-electron chi connectivity index (χ2n) is 9.54. The topological polar surface area (TPSA) is 110 Å². The van der Waals surface area contributed by atoms with Crippen molar-refractivity contribution < 1.29 is 14.3 Å². The molecule has 1 fully saturated rings. The average Bonchev–Trinajstić information content (AvgIpc) is 3.27. The second-order valence-corrected chi connectivity index (χ2v) is 9.54. The zero-order valence-electron chi connectivity index (χ0n) is 23.2. The summed E-state index contributed by atoms with van der Waals surface area (Å²) in [6.07, 6.45) is 12.7. The third-order valence-corrected chi connectivity index (χ3v) is 6.85. The Morgan fingerprint density at radius 3 is 2.51 bits per heavy atom. The summed E-state index contributed by atoms with van der Waals surface area (Å²) in [5.74, 6) is 3.33. The largest absolute Gasteiger partial charge is 0.481 e. The summed E-state index contributed by atoms with van der Waals surface area (Å²) in [5, 5.41) is 3.47. The molecule has 0 spiro atoms. The van der Waals surface area contributed by atoms with Crippen molar-refractivity contribution in [2.24, 2.45) is 12.0 Å². The Labute approximate surface area is 230 Å². The third-order valence-electron chi connectivity index (χ3n) is 6.85. The summed E-state index contributed by atoms with van der Waals surface area (Å²) in [6.45, 7) is 9.41. The number of hydrogen-bond donors (Lipinski definition) is 1. The van der Waals surface area contributed by atoms with E-state index in [-0.39, 0.29) is 11.8 Å². The summed E-state index contributed by atoms with van der Waals surface area (Å²) in [5.41, 5.74) is 0.913. The molecule has 2 aromatic rings. The molecule has 11 heteroatoms. The van der Waals surface area contributed by atoms with Crippen molar-refractivity contribution in [1.82, 2.24) is 29.3 Å². The molecule has 0 saturated carbocycles. The van der Waals surface area contributed by atoms with Crippen LogP contribution in [0.15, 0.2) is 48.0 Å². The fourth-order valence-corrected chi connectivity index (χ4v) is 4.67. The van der Waals surface area contributed by atoms with Gasteiger partial charge in [0.1, 0.15) is 17.7 Å². The molecule has 1 aliphatic carbocycles. The van der Waals surface area contributed by atoms with Gasteiger partial charge in [0.25, 0.3) is 0 Å². The van der Waals surface area contributed by atoms with E-state index in [4.69, 9.17) is 14.5 Å². The maximum atomic E-state index is 13.4. The molecular formula is C28H38N8O3. The molecule has 1 N–H and O–H groups in total. The second kappa shape index (κ2) is 13.2. The van der Waals surface area contributed by atoms with Crippen LogP contribution in [0.4, 0.5) is 5.82 Å². The number of imidazole rings is 1. The number of aromatic nitrogens is 4. The van der Waals surface area contributed by atoms with Gasteiger partial charge in [-0.25, -0.2) is 4.98 Å². The first-order valence-corrected chi connectivity index (χ1v) is 13.2. The molecule has 1 amide bonds. The van der Waals surface area contributed by atoms with Gasteiger partial charge in [-0.15, -0.1) is 6.58 Å². The van der Waals surface area contributed by atoms with Gasteiger partial charge in [-0.05, 0) is 13.3 Å². The van der Waals surface area contributed by atoms with Gasteiger partial charge in [-0.1, -0.05) is 30.4 Å². The Morgan fingerprint density at radius 1 is 1.18 bits per heavy atom. The lowest BCUT2D eigenvalue weighted by atomic mass is 9.97. The van der Waals surface area contributed by atoms with Crippen LogP contribution in [0.5, 0.6) is 11.8 Å². The summed E-state index contributed by atoms with van der Waals surface area (Å²) in [4.78, 5) is 35.7. The van der Waals surface area contributed by atoms with Gasteiger partial charge in [0.2, 0.25) is 17.7 Å². The summed E-state index contributed by atoms with van der Waals surface area (Å²) in [6, 6.07) is 1.23. The molecule has 0 aromatic carbocycles. The highest BCUT2D eigenvalue weighted by atomic mass is 16.5. The van der Waals surface area contributed by atoms with Crippen LogP contribution < -0.4 is 14.8 Å². The van der Waals surface area contributed by atoms with E-state index in [0.29, 0.717) is 43.8 Å². The van der Waals surface area contributed by atoms with E-state index >= 15 is 0 Å². The molecule has 1 aliphatic heterocycles. The van der Waals surface area contributed by atoms with Gasteiger partial charge in [0, 0.05) is 39.1 Å². The lowest BCUT2D eigenvalue weighted by molar-refractivity contribution is -0.133. The molecule has 208 valence electrons. The normalized spacial score (nSPS) is 18.4. The number of methoxy groups -OCH3 is 2. The molecular weight excluding hydrogens is 496 g/mol. The molecule has 39 heavy (non-hydrogen) atoms. The van der Waals surface area contributed by atoms with Gasteiger partial charge in [-0.2, -0.15) is 9.97 Å². The van der Waals surface area contributed by atoms with Crippen molar-refractivity contribution in [1.29, 1.82) is 0 Å². The van der Waals surface area contributed by atoms with Crippen LogP contribution in [0.3, 0.4) is 0 Å². The molecule has 2 atom stereocenters. The van der Waals surface area contributed by atoms with E-state index in [9.17, 15) is 4.79 Å². The maximum Gasteiger partial charge on any atom is 0.244 e. The quantitative estimate of drug-likeness (QED) is 0.346. The predicted octanol–water partition coefficient (Wildman–Crippen LogP) is 2.58. The number of nitrogens with one attached hydrogen (secondary N) is 1. The first kappa shape index (κ1) is 28.0. The minimum atomic E-state index is -0.419. The highest BCUT2D eigenvalue weighted by molar-refractivity contribution is 5.85. The van der Waals surface area contributed by atoms with E-state index < -0.39 is 6.04 Å². The van der Waals surface area contributed by atoms with E-state index in [1.807, 2.05) is 35.6 Å². The van der Waals surface area contributed by atoms with Crippen LogP contribution in [-0.4, -0.2) is 94.4 Å². The van der Waals surface area contributed by atoms with E-state index in [1.165, 1.54) is 0 Å². The Bertz CT molecular complexity index is 1220. The Morgan fingerprint density at radius 2 is 1.90 bits per heavy atom. The first-order chi connectivity index (χ1) is 18.9. The van der Waals surface area contributed by atoms with Crippen LogP contribution >= 0.6 is 0 Å². The molecule has 1 saturated heterocycles. The number of hydrogen-bond acceptors (Lipinski definition) is 9. The van der Waals surface area contributed by atoms with Crippen molar-refractivity contribution in [2.45, 2.75) is 31.8 Å². The van der Waals surface area contributed by atoms with Gasteiger partial charge in [0.15, 0.2) is 5.82 Å². The number of ether oxygens (including phenoxy) is 2. The number of piperazine rings is 1. The molecule has 0 bridgehead atoms. The lowest BCUT2D eigenvalue weighted by Gasteiger charge is -2.36. The standard InChI is InChI=1S/C28H38N8O3/c1-6-12-29-18-23-33-26(21-10-8-7-9-11-21)27(34(23)3)30-20(2)28(37)36-15-13-35(14-16-36)19-22-31-24(38-4)17-25(32-22)39-5/h6-10,17-18,20-21,30H,1,11-16,19H2,2-5H3/t20?,21-/m0/s1. The van der Waals surface area contributed by atoms with Crippen LogP contribution in [0.1, 0.15) is 36.6 Å². The molecule has 2 aromatic heterocycles. The van der Waals surface area contributed by atoms with Gasteiger partial charge >= 0.3 is 0 Å². The van der Waals surface area contributed by atoms with Crippen molar-refractivity contribution in [3.63, 3.8) is 0 Å². The lowest BCUT2D eigenvalue weighted by Crippen LogP contribution is -2.52. The smallest absolute Gasteiger partial charge is 0.244 e. The van der Waals surface area contributed by atoms with Crippen molar-refractivity contribution in [2.75, 3.05) is 52.3 Å². The first-order valence-electron chi connectivity index (χ1n) is 13.2. The zero-order chi connectivity index (χ0) is 27.8. The number of rotatable bonds is 11. The summed E-state index contributed by atoms with van der Waals surface area (Å²) < 4.78 is 12.5. The Hall–Kier alpha value is -3.99. The minimum absolute atomic E-state index is 0.0575. The molecule has 11 nitrogen and oxygen atoms in total. The molecule has 0 radical (unpaired) electrons. The number of amides is 1. The van der Waals surface area contributed by atoms with E-state index in [1.54, 1.807) is 32.6 Å². The Kier molecular flexibility index (Phi) is 9.48. The minimum Gasteiger partial charge on any atom is -0.481 e. The predicted molar refractivity (Wildman–Crippen MR) is 152 cm³/mol. The molecule has 2 aliphatic rings. The van der Waals surface area contributed by atoms with Crippen LogP contribution in [-0.2, 0) is 18.4 Å². The van der Waals surface area contributed by atoms with E-state index in [2.05, 4.69) is 43.9 Å². The maximum absolute atomic E-state index is 13.4. The fraction of sp³-hybridized carbons (Fsp3) is 0.464. The highest BCUT2D eigenvalue weighted by Gasteiger charge is 2.28. The number of carbonyl (C=O) groups is 1. The number of allylic oxidation sites excluding steroid dienone is 4. The summed E-state index contributed by atoms with van der Waals surface area (Å²) >= 11 is 0. The molecule has 3 heterocycles. The van der Waals surface area contributed by atoms with Crippen molar-refractivity contribution in [3.05, 3.63) is 60.4 Å². The third kappa shape index (κ3) is 6.91. The molecule has 4 rings (SSSR count). The monoisotopic (exact) mass is 534 g/mol. The number of carbonyl (C=O) groups excluding carboxylic acids is 1. The molecule has 1 unspecified atom stereocenters. The average molecular weight is 535 g/mol. The van der Waals surface area contributed by atoms with Gasteiger partial charge < -0.3 is 24.3 Å². The van der Waals surface area contributed by atoms with Crippen LogP contribution in [0.2, 0.25) is 0 Å². The van der Waals surface area contributed by atoms with Crippen molar-refractivity contribution >= 4 is 17.9 Å². The van der Waals surface area contributed by atoms with Gasteiger partial charge in [0.05, 0.1) is 45.3 Å². The number of anilines is 1.